The highest BCUT2D eigenvalue weighted by atomic mass is 16.5. The van der Waals surface area contributed by atoms with Crippen molar-refractivity contribution in [1.29, 1.82) is 0 Å². The maximum absolute atomic E-state index is 13.3. The van der Waals surface area contributed by atoms with Gasteiger partial charge in [0.2, 0.25) is 23.7 Å². The second-order valence-electron chi connectivity index (χ2n) is 17.1. The normalized spacial score (nSPS) is 22.5. The lowest BCUT2D eigenvalue weighted by Crippen LogP contribution is -2.55. The predicted molar refractivity (Wildman–Crippen MR) is 235 cm³/mol. The first-order valence-corrected chi connectivity index (χ1v) is 22.4. The van der Waals surface area contributed by atoms with Crippen molar-refractivity contribution in [2.75, 3.05) is 41.9 Å². The molecule has 5 aliphatic rings. The van der Waals surface area contributed by atoms with E-state index in [0.717, 1.165) is 91.2 Å². The number of pyridine rings is 1. The Kier molecular flexibility index (Phi) is 12.4. The van der Waals surface area contributed by atoms with Crippen molar-refractivity contribution in [3.63, 3.8) is 0 Å². The van der Waals surface area contributed by atoms with Gasteiger partial charge in [-0.1, -0.05) is 42.9 Å². The molecule has 1 aromatic carbocycles. The molecule has 0 spiro atoms. The van der Waals surface area contributed by atoms with E-state index in [1.54, 1.807) is 28.3 Å². The first kappa shape index (κ1) is 42.1. The van der Waals surface area contributed by atoms with Gasteiger partial charge in [0.1, 0.15) is 23.5 Å². The van der Waals surface area contributed by atoms with Crippen molar-refractivity contribution in [3.05, 3.63) is 65.6 Å². The first-order valence-electron chi connectivity index (χ1n) is 22.4. The fourth-order valence-electron chi connectivity index (χ4n) is 9.73. The van der Waals surface area contributed by atoms with Crippen LogP contribution in [-0.2, 0) is 25.7 Å². The predicted octanol–water partition coefficient (Wildman–Crippen LogP) is 4.67. The molecule has 1 saturated heterocycles. The standard InChI is InChI=1S/C46H54N12O5/c1-3-38-45(62)55(2)40-26-49-46(52-42(40)58(38)33-11-4-5-12-33)50-31-16-19-36(48-25-31)37-28-57(54-53-37)32-17-14-30(15-18-32)47-22-24-63-23-7-6-9-29-10-8-13-34-35(29)27-56(44(34)61)39-20-21-41(59)51-43(39)60/h8,10,13,16,19,25-26,28,30,32-33,38-39,47H,3-5,7,11-12,14-15,17-18,20-24,27H2,1-2H3,(H,49,50,52)(H,51,59,60)/t30-,32+,38-,39?/m1/s1. The quantitative estimate of drug-likeness (QED) is 0.0956. The van der Waals surface area contributed by atoms with Crippen LogP contribution in [0.15, 0.2) is 48.9 Å². The van der Waals surface area contributed by atoms with Crippen molar-refractivity contribution in [2.45, 2.75) is 121 Å². The summed E-state index contributed by atoms with van der Waals surface area (Å²) in [6.07, 6.45) is 15.8. The van der Waals surface area contributed by atoms with Crippen LogP contribution in [0.2, 0.25) is 0 Å². The Balaban J connectivity index is 0.701. The molecule has 328 valence electrons. The number of likely N-dealkylation sites (N-methyl/N-ethyl adjacent to an activating group) is 1. The van der Waals surface area contributed by atoms with E-state index in [9.17, 15) is 19.2 Å². The number of hydrogen-bond donors (Lipinski definition) is 3. The first-order chi connectivity index (χ1) is 30.7. The van der Waals surface area contributed by atoms with E-state index in [1.807, 2.05) is 42.2 Å². The number of aromatic nitrogens is 6. The molecule has 2 aliphatic carbocycles. The van der Waals surface area contributed by atoms with Crippen LogP contribution in [0.1, 0.15) is 112 Å². The zero-order valence-electron chi connectivity index (χ0n) is 35.9. The third kappa shape index (κ3) is 8.87. The summed E-state index contributed by atoms with van der Waals surface area (Å²) < 4.78 is 7.84. The van der Waals surface area contributed by atoms with E-state index in [2.05, 4.69) is 59.9 Å². The molecule has 0 radical (unpaired) electrons. The molecule has 63 heavy (non-hydrogen) atoms. The molecular formula is C46H54N12O5. The number of carbonyl (C=O) groups is 4. The van der Waals surface area contributed by atoms with Crippen molar-refractivity contribution >= 4 is 46.8 Å². The lowest BCUT2D eigenvalue weighted by atomic mass is 9.91. The summed E-state index contributed by atoms with van der Waals surface area (Å²) in [4.78, 5) is 70.0. The fourth-order valence-corrected chi connectivity index (χ4v) is 9.73. The highest BCUT2D eigenvalue weighted by Crippen LogP contribution is 2.40. The van der Waals surface area contributed by atoms with Gasteiger partial charge in [-0.15, -0.1) is 5.10 Å². The van der Waals surface area contributed by atoms with Crippen molar-refractivity contribution < 1.29 is 23.9 Å². The molecule has 9 rings (SSSR count). The summed E-state index contributed by atoms with van der Waals surface area (Å²) >= 11 is 0. The summed E-state index contributed by atoms with van der Waals surface area (Å²) in [6.45, 7) is 4.22. The Morgan fingerprint density at radius 2 is 1.76 bits per heavy atom. The number of fused-ring (bicyclic) bond motifs is 2. The molecule has 0 bridgehead atoms. The van der Waals surface area contributed by atoms with E-state index in [4.69, 9.17) is 9.72 Å². The largest absolute Gasteiger partial charge is 0.379 e. The van der Waals surface area contributed by atoms with Crippen LogP contribution < -0.4 is 25.8 Å². The van der Waals surface area contributed by atoms with Crippen LogP contribution in [-0.4, -0.2) is 109 Å². The molecule has 2 saturated carbocycles. The molecule has 2 atom stereocenters. The molecule has 3 fully saturated rings. The van der Waals surface area contributed by atoms with E-state index in [0.29, 0.717) is 56.2 Å². The minimum Gasteiger partial charge on any atom is -0.379 e. The smallest absolute Gasteiger partial charge is 0.255 e. The summed E-state index contributed by atoms with van der Waals surface area (Å²) in [5.74, 6) is 6.82. The monoisotopic (exact) mass is 854 g/mol. The Bertz CT molecular complexity index is 2410. The average molecular weight is 855 g/mol. The number of nitrogens with zero attached hydrogens (tertiary/aromatic N) is 9. The second kappa shape index (κ2) is 18.6. The number of piperidine rings is 1. The number of ether oxygens (including phenoxy) is 1. The van der Waals surface area contributed by atoms with Gasteiger partial charge in [0.15, 0.2) is 5.82 Å². The van der Waals surface area contributed by atoms with Crippen LogP contribution >= 0.6 is 0 Å². The van der Waals surface area contributed by atoms with Crippen molar-refractivity contribution in [2.24, 2.45) is 0 Å². The van der Waals surface area contributed by atoms with Crippen molar-refractivity contribution in [3.8, 4) is 23.2 Å². The summed E-state index contributed by atoms with van der Waals surface area (Å²) in [5, 5.41) is 18.2. The van der Waals surface area contributed by atoms with Gasteiger partial charge in [0.05, 0.1) is 49.2 Å². The minimum atomic E-state index is -0.647. The van der Waals surface area contributed by atoms with Crippen LogP contribution in [0.3, 0.4) is 0 Å². The number of nitrogens with one attached hydrogen (secondary N) is 3. The van der Waals surface area contributed by atoms with Crippen LogP contribution in [0, 0.1) is 11.8 Å². The number of amides is 4. The van der Waals surface area contributed by atoms with E-state index < -0.39 is 11.9 Å². The maximum Gasteiger partial charge on any atom is 0.255 e. The van der Waals surface area contributed by atoms with Gasteiger partial charge in [0, 0.05) is 56.2 Å². The summed E-state index contributed by atoms with van der Waals surface area (Å²) in [7, 11) is 1.81. The average Bonchev–Trinajstić information content (AvgIpc) is 4.09. The zero-order chi connectivity index (χ0) is 43.5. The molecule has 3 aromatic heterocycles. The topological polar surface area (TPSA) is 193 Å². The minimum absolute atomic E-state index is 0.0940. The van der Waals surface area contributed by atoms with Gasteiger partial charge in [-0.25, -0.2) is 9.67 Å². The number of rotatable bonds is 13. The number of carbonyl (C=O) groups excluding carboxylic acids is 4. The van der Waals surface area contributed by atoms with Gasteiger partial charge in [-0.05, 0) is 81.2 Å². The molecule has 17 heteroatoms. The molecule has 3 aliphatic heterocycles. The van der Waals surface area contributed by atoms with Gasteiger partial charge < -0.3 is 30.1 Å². The molecule has 6 heterocycles. The lowest BCUT2D eigenvalue weighted by molar-refractivity contribution is -0.137. The molecule has 4 amide bonds. The van der Waals surface area contributed by atoms with Crippen LogP contribution in [0.25, 0.3) is 11.4 Å². The maximum atomic E-state index is 13.3. The van der Waals surface area contributed by atoms with Gasteiger partial charge >= 0.3 is 0 Å². The third-order valence-corrected chi connectivity index (χ3v) is 13.1. The van der Waals surface area contributed by atoms with E-state index in [-0.39, 0.29) is 36.2 Å². The third-order valence-electron chi connectivity index (χ3n) is 13.1. The molecule has 17 nitrogen and oxygen atoms in total. The van der Waals surface area contributed by atoms with Gasteiger partial charge in [0.25, 0.3) is 5.91 Å². The molecule has 4 aromatic rings. The second-order valence-corrected chi connectivity index (χ2v) is 17.1. The highest BCUT2D eigenvalue weighted by Gasteiger charge is 2.42. The van der Waals surface area contributed by atoms with Crippen LogP contribution in [0.4, 0.5) is 23.1 Å². The highest BCUT2D eigenvalue weighted by molar-refractivity contribution is 6.06. The van der Waals surface area contributed by atoms with E-state index in [1.165, 1.54) is 12.8 Å². The number of anilines is 4. The Morgan fingerprint density at radius 3 is 2.54 bits per heavy atom. The molecule has 1 unspecified atom stereocenters. The number of hydrogen-bond acceptors (Lipinski definition) is 13. The number of benzene rings is 1. The van der Waals surface area contributed by atoms with Gasteiger partial charge in [-0.3, -0.25) is 29.5 Å². The molecular weight excluding hydrogens is 801 g/mol. The lowest BCUT2D eigenvalue weighted by Gasteiger charge is -2.43. The molecule has 3 N–H and O–H groups in total. The fraction of sp³-hybridized carbons (Fsp3) is 0.500. The Morgan fingerprint density at radius 1 is 0.921 bits per heavy atom. The Hall–Kier alpha value is -6.25. The van der Waals surface area contributed by atoms with E-state index >= 15 is 0 Å². The zero-order valence-corrected chi connectivity index (χ0v) is 35.9. The van der Waals surface area contributed by atoms with Gasteiger partial charge in [-0.2, -0.15) is 4.98 Å². The summed E-state index contributed by atoms with van der Waals surface area (Å²) in [5.41, 5.74) is 5.11. The van der Waals surface area contributed by atoms with Crippen LogP contribution in [0.5, 0.6) is 0 Å². The Labute approximate surface area is 366 Å². The number of imide groups is 1. The van der Waals surface area contributed by atoms with Crippen molar-refractivity contribution in [1.82, 2.24) is 45.5 Å². The SMILES string of the molecule is CC[C@@H]1C(=O)N(C)c2cnc(Nc3ccc(-c4cn([C@H]5CC[C@@H](NCCOCCC#Cc6cccc7c6CN(C6CCC(=O)NC6=O)C7=O)CC5)nn4)nc3)nc2N1C1CCCC1. The summed E-state index contributed by atoms with van der Waals surface area (Å²) in [6, 6.07) is 9.46.